The van der Waals surface area contributed by atoms with Gasteiger partial charge in [0.05, 0.1) is 0 Å². The Morgan fingerprint density at radius 1 is 1.25 bits per heavy atom. The predicted molar refractivity (Wildman–Crippen MR) is 94.0 cm³/mol. The summed E-state index contributed by atoms with van der Waals surface area (Å²) in [5, 5.41) is 17.5. The molecule has 0 unspecified atom stereocenters. The lowest BCUT2D eigenvalue weighted by atomic mass is 10.2. The molecule has 2 aromatic heterocycles. The van der Waals surface area contributed by atoms with Crippen molar-refractivity contribution in [2.24, 2.45) is 0 Å². The van der Waals surface area contributed by atoms with Crippen LogP contribution in [0.25, 0.3) is 4.96 Å². The summed E-state index contributed by atoms with van der Waals surface area (Å²) in [6, 6.07) is 4.95. The highest BCUT2D eigenvalue weighted by atomic mass is 35.5. The normalized spacial score (nSPS) is 14.2. The zero-order chi connectivity index (χ0) is 16.7. The summed E-state index contributed by atoms with van der Waals surface area (Å²) in [6.07, 6.45) is 3.18. The van der Waals surface area contributed by atoms with Gasteiger partial charge in [-0.3, -0.25) is 4.79 Å². The quantitative estimate of drug-likeness (QED) is 0.726. The number of carbonyl (C=O) groups is 1. The molecule has 6 nitrogen and oxygen atoms in total. The fraction of sp³-hybridized carbons (Fsp3) is 0.333. The number of hydrogen-bond acceptors (Lipinski definition) is 5. The number of nitrogens with one attached hydrogen (secondary N) is 1. The van der Waals surface area contributed by atoms with Crippen molar-refractivity contribution in [2.45, 2.75) is 31.6 Å². The second-order valence-corrected chi connectivity index (χ2v) is 7.64. The second kappa shape index (κ2) is 6.31. The van der Waals surface area contributed by atoms with Crippen molar-refractivity contribution in [1.29, 1.82) is 0 Å². The zero-order valence-electron chi connectivity index (χ0n) is 12.5. The van der Waals surface area contributed by atoms with Gasteiger partial charge in [-0.05, 0) is 31.0 Å². The van der Waals surface area contributed by atoms with Crippen molar-refractivity contribution < 1.29 is 4.79 Å². The fourth-order valence-electron chi connectivity index (χ4n) is 2.44. The van der Waals surface area contributed by atoms with E-state index in [-0.39, 0.29) is 5.91 Å². The molecule has 124 valence electrons. The van der Waals surface area contributed by atoms with Crippen LogP contribution in [0.1, 0.15) is 36.0 Å². The van der Waals surface area contributed by atoms with E-state index in [4.69, 9.17) is 23.2 Å². The van der Waals surface area contributed by atoms with Gasteiger partial charge in [-0.25, -0.2) is 0 Å². The second-order valence-electron chi connectivity index (χ2n) is 5.73. The van der Waals surface area contributed by atoms with Crippen molar-refractivity contribution in [3.63, 3.8) is 0 Å². The minimum absolute atomic E-state index is 0.110. The Morgan fingerprint density at radius 3 is 2.71 bits per heavy atom. The van der Waals surface area contributed by atoms with Crippen LogP contribution in [0, 0.1) is 0 Å². The highest BCUT2D eigenvalue weighted by molar-refractivity contribution is 7.16. The first kappa shape index (κ1) is 15.8. The van der Waals surface area contributed by atoms with Gasteiger partial charge in [-0.2, -0.15) is 9.61 Å². The van der Waals surface area contributed by atoms with E-state index in [1.165, 1.54) is 11.3 Å². The Bertz CT molecular complexity index is 898. The third kappa shape index (κ3) is 3.38. The number of hydrogen-bond donors (Lipinski definition) is 1. The van der Waals surface area contributed by atoms with E-state index < -0.39 is 0 Å². The summed E-state index contributed by atoms with van der Waals surface area (Å²) in [7, 11) is 0. The van der Waals surface area contributed by atoms with E-state index in [0.29, 0.717) is 34.5 Å². The summed E-state index contributed by atoms with van der Waals surface area (Å²) in [4.78, 5) is 12.9. The molecular weight excluding hydrogens is 369 g/mol. The number of aromatic nitrogens is 4. The van der Waals surface area contributed by atoms with Crippen molar-refractivity contribution in [3.8, 4) is 0 Å². The maximum Gasteiger partial charge on any atom is 0.234 e. The topological polar surface area (TPSA) is 72.2 Å². The Balaban J connectivity index is 1.40. The van der Waals surface area contributed by atoms with Crippen LogP contribution >= 0.6 is 34.5 Å². The third-order valence-corrected chi connectivity index (χ3v) is 5.11. The lowest BCUT2D eigenvalue weighted by molar-refractivity contribution is -0.116. The molecule has 0 saturated heterocycles. The van der Waals surface area contributed by atoms with Gasteiger partial charge in [0.2, 0.25) is 10.9 Å². The van der Waals surface area contributed by atoms with Crippen molar-refractivity contribution in [2.75, 3.05) is 5.32 Å². The molecule has 0 atom stereocenters. The summed E-state index contributed by atoms with van der Waals surface area (Å²) in [5.41, 5.74) is 0.590. The van der Waals surface area contributed by atoms with Gasteiger partial charge < -0.3 is 5.32 Å². The van der Waals surface area contributed by atoms with Crippen LogP contribution in [0.15, 0.2) is 18.2 Å². The molecule has 4 rings (SSSR count). The van der Waals surface area contributed by atoms with Crippen molar-refractivity contribution >= 4 is 51.1 Å². The van der Waals surface area contributed by atoms with Crippen LogP contribution in [0.4, 0.5) is 5.69 Å². The number of benzene rings is 1. The number of rotatable bonds is 5. The monoisotopic (exact) mass is 381 g/mol. The average Bonchev–Trinajstić information content (AvgIpc) is 3.14. The lowest BCUT2D eigenvalue weighted by Gasteiger charge is -2.05. The van der Waals surface area contributed by atoms with E-state index in [2.05, 4.69) is 20.6 Å². The van der Waals surface area contributed by atoms with Crippen LogP contribution in [0.3, 0.4) is 0 Å². The summed E-state index contributed by atoms with van der Waals surface area (Å²) < 4.78 is 1.81. The summed E-state index contributed by atoms with van der Waals surface area (Å²) in [5.74, 6) is 1.32. The van der Waals surface area contributed by atoms with E-state index in [1.807, 2.05) is 4.52 Å². The van der Waals surface area contributed by atoms with Gasteiger partial charge in [-0.1, -0.05) is 34.5 Å². The Kier molecular flexibility index (Phi) is 4.15. The molecule has 0 spiro atoms. The molecule has 1 aliphatic rings. The zero-order valence-corrected chi connectivity index (χ0v) is 14.8. The number of halogens is 2. The maximum absolute atomic E-state index is 12.1. The van der Waals surface area contributed by atoms with Crippen LogP contribution in [0.2, 0.25) is 10.0 Å². The summed E-state index contributed by atoms with van der Waals surface area (Å²) in [6.45, 7) is 0. The van der Waals surface area contributed by atoms with Gasteiger partial charge in [0, 0.05) is 34.5 Å². The van der Waals surface area contributed by atoms with Gasteiger partial charge in [0.15, 0.2) is 5.82 Å². The minimum atomic E-state index is -0.110. The standard InChI is InChI=1S/C15H13Cl2N5OS/c16-9-5-10(17)7-11(6-9)18-12(23)3-4-13-21-22-14(8-1-2-8)19-20-15(22)24-13/h5-8H,1-4H2,(H,18,23). The number of fused-ring (bicyclic) bond motifs is 1. The van der Waals surface area contributed by atoms with Gasteiger partial charge in [0.1, 0.15) is 5.01 Å². The molecule has 3 aromatic rings. The molecule has 2 heterocycles. The Morgan fingerprint density at radius 2 is 2.00 bits per heavy atom. The molecule has 1 saturated carbocycles. The molecule has 24 heavy (non-hydrogen) atoms. The molecule has 1 amide bonds. The molecule has 1 aromatic carbocycles. The number of amides is 1. The molecule has 1 fully saturated rings. The molecule has 0 bridgehead atoms. The number of carbonyl (C=O) groups excluding carboxylic acids is 1. The van der Waals surface area contributed by atoms with Gasteiger partial charge in [0.25, 0.3) is 0 Å². The fourth-order valence-corrected chi connectivity index (χ4v) is 3.80. The maximum atomic E-state index is 12.1. The van der Waals surface area contributed by atoms with Gasteiger partial charge in [-0.15, -0.1) is 10.2 Å². The van der Waals surface area contributed by atoms with E-state index >= 15 is 0 Å². The smallest absolute Gasteiger partial charge is 0.234 e. The predicted octanol–water partition coefficient (Wildman–Crippen LogP) is 3.94. The SMILES string of the molecule is O=C(CCc1nn2c(C3CC3)nnc2s1)Nc1cc(Cl)cc(Cl)c1. The first-order chi connectivity index (χ1) is 11.6. The third-order valence-electron chi connectivity index (χ3n) is 3.71. The van der Waals surface area contributed by atoms with Crippen molar-refractivity contribution in [3.05, 3.63) is 39.1 Å². The lowest BCUT2D eigenvalue weighted by Crippen LogP contribution is -2.12. The van der Waals surface area contributed by atoms with Crippen molar-refractivity contribution in [1.82, 2.24) is 19.8 Å². The number of anilines is 1. The van der Waals surface area contributed by atoms with Gasteiger partial charge >= 0.3 is 0 Å². The highest BCUT2D eigenvalue weighted by Crippen LogP contribution is 2.39. The van der Waals surface area contributed by atoms with Crippen LogP contribution < -0.4 is 5.32 Å². The molecule has 1 N–H and O–H groups in total. The Hall–Kier alpha value is -1.70. The minimum Gasteiger partial charge on any atom is -0.326 e. The number of aryl methyl sites for hydroxylation is 1. The van der Waals surface area contributed by atoms with E-state index in [1.54, 1.807) is 18.2 Å². The molecule has 1 aliphatic carbocycles. The van der Waals surface area contributed by atoms with Crippen LogP contribution in [-0.4, -0.2) is 25.7 Å². The van der Waals surface area contributed by atoms with E-state index in [9.17, 15) is 4.79 Å². The van der Waals surface area contributed by atoms with Crippen LogP contribution in [-0.2, 0) is 11.2 Å². The molecule has 9 heteroatoms. The molecule has 0 aliphatic heterocycles. The van der Waals surface area contributed by atoms with E-state index in [0.717, 1.165) is 28.6 Å². The molecular formula is C15H13Cl2N5OS. The average molecular weight is 382 g/mol. The first-order valence-corrected chi connectivity index (χ1v) is 9.13. The Labute approximate surface area is 151 Å². The van der Waals surface area contributed by atoms with Crippen LogP contribution in [0.5, 0.6) is 0 Å². The highest BCUT2D eigenvalue weighted by Gasteiger charge is 2.30. The summed E-state index contributed by atoms with van der Waals surface area (Å²) >= 11 is 13.3. The largest absolute Gasteiger partial charge is 0.326 e. The molecule has 0 radical (unpaired) electrons. The first-order valence-electron chi connectivity index (χ1n) is 7.55. The number of nitrogens with zero attached hydrogens (tertiary/aromatic N) is 4.